The van der Waals surface area contributed by atoms with Crippen LogP contribution in [-0.4, -0.2) is 30.3 Å². The summed E-state index contributed by atoms with van der Waals surface area (Å²) in [7, 11) is 0. The van der Waals surface area contributed by atoms with Gasteiger partial charge in [0.05, 0.1) is 17.6 Å². The number of carbonyl (C=O) groups is 3. The van der Waals surface area contributed by atoms with E-state index in [9.17, 15) is 19.6 Å². The van der Waals surface area contributed by atoms with Gasteiger partial charge in [0.2, 0.25) is 0 Å². The molecule has 0 aliphatic heterocycles. The Kier molecular flexibility index (Phi) is 7.85. The van der Waals surface area contributed by atoms with E-state index in [1.807, 2.05) is 0 Å². The van der Waals surface area contributed by atoms with Gasteiger partial charge >= 0.3 is 5.97 Å². The molecule has 190 valence electrons. The Bertz CT molecular complexity index is 1180. The van der Waals surface area contributed by atoms with E-state index in [4.69, 9.17) is 27.9 Å². The van der Waals surface area contributed by atoms with Gasteiger partial charge in [-0.25, -0.2) is 4.79 Å². The summed E-state index contributed by atoms with van der Waals surface area (Å²) in [6, 6.07) is 6.33. The SMILES string of the molecule is CCOC(=O)[C@H](Cc1ccc(NC(=O)c2c(Cl)c[n+]([O-])cc2Cl)cc1)NC1=CC(=O)C12CCCCC2. The smallest absolute Gasteiger partial charge is 0.328 e. The molecule has 1 fully saturated rings. The van der Waals surface area contributed by atoms with Crippen molar-refractivity contribution in [3.63, 3.8) is 0 Å². The fourth-order valence-corrected chi connectivity index (χ4v) is 5.43. The Morgan fingerprint density at radius 3 is 2.33 bits per heavy atom. The molecule has 4 rings (SSSR count). The van der Waals surface area contributed by atoms with Gasteiger partial charge in [-0.05, 0) is 37.5 Å². The molecule has 36 heavy (non-hydrogen) atoms. The van der Waals surface area contributed by atoms with Crippen LogP contribution in [0.1, 0.15) is 54.9 Å². The van der Waals surface area contributed by atoms with E-state index in [-0.39, 0.29) is 34.0 Å². The van der Waals surface area contributed by atoms with Crippen molar-refractivity contribution in [3.8, 4) is 0 Å². The van der Waals surface area contributed by atoms with Gasteiger partial charge in [-0.1, -0.05) is 54.6 Å². The monoisotopic (exact) mass is 531 g/mol. The van der Waals surface area contributed by atoms with E-state index in [0.717, 1.165) is 55.8 Å². The normalized spacial score (nSPS) is 17.1. The summed E-state index contributed by atoms with van der Waals surface area (Å²) in [6.07, 6.45) is 8.77. The number of amides is 1. The van der Waals surface area contributed by atoms with E-state index in [2.05, 4.69) is 10.6 Å². The molecular weight excluding hydrogens is 505 g/mol. The molecule has 0 unspecified atom stereocenters. The molecule has 10 heteroatoms. The second-order valence-electron chi connectivity index (χ2n) is 9.06. The number of benzene rings is 1. The quantitative estimate of drug-likeness (QED) is 0.297. The van der Waals surface area contributed by atoms with Crippen molar-refractivity contribution in [3.05, 3.63) is 74.8 Å². The topological polar surface area (TPSA) is 111 Å². The van der Waals surface area contributed by atoms with Crippen LogP contribution >= 0.6 is 23.2 Å². The Labute approximate surface area is 219 Å². The van der Waals surface area contributed by atoms with Crippen LogP contribution in [0, 0.1) is 10.6 Å². The highest BCUT2D eigenvalue weighted by Gasteiger charge is 2.49. The Hall–Kier alpha value is -3.10. The highest BCUT2D eigenvalue weighted by molar-refractivity contribution is 6.40. The molecule has 2 N–H and O–H groups in total. The fourth-order valence-electron chi connectivity index (χ4n) is 4.81. The highest BCUT2D eigenvalue weighted by atomic mass is 35.5. The zero-order valence-corrected chi connectivity index (χ0v) is 21.3. The lowest BCUT2D eigenvalue weighted by molar-refractivity contribution is -0.605. The number of carbonyl (C=O) groups excluding carboxylic acids is 3. The van der Waals surface area contributed by atoms with E-state index >= 15 is 0 Å². The van der Waals surface area contributed by atoms with Gasteiger partial charge in [0.25, 0.3) is 5.91 Å². The number of ketones is 1. The fraction of sp³-hybridized carbons (Fsp3) is 0.385. The number of pyridine rings is 1. The van der Waals surface area contributed by atoms with Crippen LogP contribution in [-0.2, 0) is 20.7 Å². The first kappa shape index (κ1) is 26.0. The standard InChI is InChI=1S/C26H27Cl2N3O5/c1-2-36-25(34)20(30-21-13-22(32)26(21)10-4-3-5-11-26)12-16-6-8-17(9-7-16)29-24(33)23-18(27)14-31(35)15-19(23)28/h6-9,13-15,20,30H,2-5,10-12H2,1H3,(H,29,33)/t20-/m0/s1. The van der Waals surface area contributed by atoms with Crippen LogP contribution in [0.15, 0.2) is 48.4 Å². The molecule has 1 saturated carbocycles. The third-order valence-electron chi connectivity index (χ3n) is 6.71. The summed E-state index contributed by atoms with van der Waals surface area (Å²) >= 11 is 12.0. The summed E-state index contributed by atoms with van der Waals surface area (Å²) in [6.45, 7) is 2.01. The first-order valence-electron chi connectivity index (χ1n) is 11.9. The van der Waals surface area contributed by atoms with Gasteiger partial charge in [0.1, 0.15) is 16.1 Å². The van der Waals surface area contributed by atoms with E-state index in [0.29, 0.717) is 16.8 Å². The molecule has 2 aromatic rings. The first-order valence-corrected chi connectivity index (χ1v) is 12.7. The number of ether oxygens (including phenoxy) is 1. The number of nitrogens with one attached hydrogen (secondary N) is 2. The zero-order valence-electron chi connectivity index (χ0n) is 19.8. The second kappa shape index (κ2) is 10.9. The van der Waals surface area contributed by atoms with Crippen molar-refractivity contribution in [2.75, 3.05) is 11.9 Å². The zero-order chi connectivity index (χ0) is 25.9. The number of nitrogens with zero attached hydrogens (tertiary/aromatic N) is 1. The third kappa shape index (κ3) is 5.34. The summed E-state index contributed by atoms with van der Waals surface area (Å²) in [5.74, 6) is -0.801. The van der Waals surface area contributed by atoms with Crippen LogP contribution in [0.3, 0.4) is 0 Å². The number of esters is 1. The first-order chi connectivity index (χ1) is 17.2. The van der Waals surface area contributed by atoms with Crippen LogP contribution in [0.5, 0.6) is 0 Å². The Morgan fingerprint density at radius 2 is 1.75 bits per heavy atom. The molecule has 2 aliphatic rings. The van der Waals surface area contributed by atoms with Crippen molar-refractivity contribution in [2.24, 2.45) is 5.41 Å². The summed E-state index contributed by atoms with van der Waals surface area (Å²) < 4.78 is 5.71. The predicted molar refractivity (Wildman–Crippen MR) is 136 cm³/mol. The van der Waals surface area contributed by atoms with Crippen molar-refractivity contribution in [1.82, 2.24) is 5.32 Å². The molecule has 0 bridgehead atoms. The van der Waals surface area contributed by atoms with Crippen LogP contribution in [0.4, 0.5) is 5.69 Å². The predicted octanol–water partition coefficient (Wildman–Crippen LogP) is 4.36. The maximum absolute atomic E-state index is 12.7. The molecule has 1 spiro atoms. The number of anilines is 1. The average molecular weight is 532 g/mol. The van der Waals surface area contributed by atoms with E-state index < -0.39 is 17.4 Å². The van der Waals surface area contributed by atoms with Crippen LogP contribution in [0.25, 0.3) is 0 Å². The lowest BCUT2D eigenvalue weighted by Gasteiger charge is -2.44. The molecule has 1 amide bonds. The highest BCUT2D eigenvalue weighted by Crippen LogP contribution is 2.48. The molecule has 1 aromatic carbocycles. The number of rotatable bonds is 8. The molecular formula is C26H27Cl2N3O5. The Morgan fingerprint density at radius 1 is 1.11 bits per heavy atom. The molecule has 1 heterocycles. The van der Waals surface area contributed by atoms with Gasteiger partial charge in [-0.2, -0.15) is 4.73 Å². The number of halogens is 2. The minimum Gasteiger partial charge on any atom is -0.619 e. The number of hydrogen-bond donors (Lipinski definition) is 2. The third-order valence-corrected chi connectivity index (χ3v) is 7.28. The molecule has 8 nitrogen and oxygen atoms in total. The van der Waals surface area contributed by atoms with Crippen LogP contribution in [0.2, 0.25) is 10.0 Å². The number of aromatic nitrogens is 1. The van der Waals surface area contributed by atoms with Crippen molar-refractivity contribution >= 4 is 46.5 Å². The molecule has 1 atom stereocenters. The van der Waals surface area contributed by atoms with Crippen molar-refractivity contribution in [2.45, 2.75) is 51.5 Å². The summed E-state index contributed by atoms with van der Waals surface area (Å²) in [4.78, 5) is 37.8. The van der Waals surface area contributed by atoms with E-state index in [1.54, 1.807) is 37.3 Å². The largest absolute Gasteiger partial charge is 0.619 e. The van der Waals surface area contributed by atoms with Gasteiger partial charge in [0.15, 0.2) is 18.2 Å². The van der Waals surface area contributed by atoms with Crippen LogP contribution < -0.4 is 15.4 Å². The van der Waals surface area contributed by atoms with Gasteiger partial charge in [-0.15, -0.1) is 0 Å². The van der Waals surface area contributed by atoms with Gasteiger partial charge < -0.3 is 20.6 Å². The lowest BCUT2D eigenvalue weighted by atomic mass is 9.62. The molecule has 1 aromatic heterocycles. The molecule has 0 radical (unpaired) electrons. The van der Waals surface area contributed by atoms with Crippen molar-refractivity contribution < 1.29 is 23.9 Å². The minimum absolute atomic E-state index is 0.000970. The number of allylic oxidation sites excluding steroid dienone is 2. The second-order valence-corrected chi connectivity index (χ2v) is 9.87. The lowest BCUT2D eigenvalue weighted by Crippen LogP contribution is -2.52. The minimum atomic E-state index is -0.649. The summed E-state index contributed by atoms with van der Waals surface area (Å²) in [5.41, 5.74) is 1.67. The van der Waals surface area contributed by atoms with Gasteiger partial charge in [0, 0.05) is 23.9 Å². The number of hydrogen-bond acceptors (Lipinski definition) is 6. The average Bonchev–Trinajstić information content (AvgIpc) is 2.84. The maximum atomic E-state index is 12.7. The summed E-state index contributed by atoms with van der Waals surface area (Å²) in [5, 5.41) is 17.3. The molecule has 2 aliphatic carbocycles. The maximum Gasteiger partial charge on any atom is 0.328 e. The Balaban J connectivity index is 1.45. The van der Waals surface area contributed by atoms with Crippen molar-refractivity contribution in [1.29, 1.82) is 0 Å². The van der Waals surface area contributed by atoms with E-state index in [1.165, 1.54) is 0 Å². The molecule has 0 saturated heterocycles. The van der Waals surface area contributed by atoms with Gasteiger partial charge in [-0.3, -0.25) is 9.59 Å².